The number of benzene rings is 1. The predicted molar refractivity (Wildman–Crippen MR) is 153 cm³/mol. The van der Waals surface area contributed by atoms with Gasteiger partial charge in [0.25, 0.3) is 0 Å². The molecule has 0 radical (unpaired) electrons. The van der Waals surface area contributed by atoms with Gasteiger partial charge in [-0.3, -0.25) is 19.2 Å². The van der Waals surface area contributed by atoms with Crippen molar-refractivity contribution in [2.24, 2.45) is 5.41 Å². The van der Waals surface area contributed by atoms with Gasteiger partial charge in [-0.25, -0.2) is 9.59 Å². The van der Waals surface area contributed by atoms with Crippen LogP contribution >= 0.6 is 0 Å². The van der Waals surface area contributed by atoms with Gasteiger partial charge in [0, 0.05) is 6.42 Å². The maximum atomic E-state index is 12.7. The van der Waals surface area contributed by atoms with Gasteiger partial charge in [-0.2, -0.15) is 0 Å². The van der Waals surface area contributed by atoms with Gasteiger partial charge in [0.15, 0.2) is 6.10 Å². The number of hydrogen-bond acceptors (Lipinski definition) is 11. The normalized spacial score (nSPS) is 11.6. The van der Waals surface area contributed by atoms with Crippen molar-refractivity contribution in [1.29, 1.82) is 0 Å². The van der Waals surface area contributed by atoms with E-state index in [9.17, 15) is 33.9 Å². The second kappa shape index (κ2) is 20.0. The van der Waals surface area contributed by atoms with Crippen molar-refractivity contribution < 1.29 is 57.6 Å². The Morgan fingerprint density at radius 1 is 0.721 bits per heavy atom. The zero-order valence-corrected chi connectivity index (χ0v) is 25.5. The van der Waals surface area contributed by atoms with Crippen LogP contribution in [0.15, 0.2) is 24.3 Å². The maximum absolute atomic E-state index is 12.7. The van der Waals surface area contributed by atoms with Crippen molar-refractivity contribution in [3.05, 3.63) is 35.4 Å². The van der Waals surface area contributed by atoms with E-state index in [-0.39, 0.29) is 36.5 Å². The summed E-state index contributed by atoms with van der Waals surface area (Å²) in [6, 6.07) is 5.43. The SMILES string of the molecule is CCCCOC(=O)CCCCCOC(=O)CCC(=O)OCC(COC(=O)C(C)(C)CC)OC(=O)c1ccccc1C(=O)O. The molecule has 0 spiro atoms. The average Bonchev–Trinajstić information content (AvgIpc) is 2.98. The number of hydrogen-bond donors (Lipinski definition) is 1. The predicted octanol–water partition coefficient (Wildman–Crippen LogP) is 4.66. The molecule has 1 atom stereocenters. The standard InChI is InChI=1S/C31H44O12/c1-5-7-18-39-25(32)15-9-8-12-19-40-26(33)16-17-27(34)41-20-22(21-42-30(38)31(3,4)6-2)43-29(37)24-14-11-10-13-23(24)28(35)36/h10-11,13-14,22H,5-9,12,15-21H2,1-4H3,(H,35,36). The molecule has 0 heterocycles. The lowest BCUT2D eigenvalue weighted by Gasteiger charge is -2.23. The fourth-order valence-corrected chi connectivity index (χ4v) is 3.36. The van der Waals surface area contributed by atoms with E-state index >= 15 is 0 Å². The number of rotatable bonds is 21. The number of carbonyl (C=O) groups excluding carboxylic acids is 5. The summed E-state index contributed by atoms with van der Waals surface area (Å²) in [5, 5.41) is 9.37. The molecule has 0 aliphatic rings. The minimum Gasteiger partial charge on any atom is -0.478 e. The zero-order chi connectivity index (χ0) is 32.3. The number of carbonyl (C=O) groups is 6. The van der Waals surface area contributed by atoms with Gasteiger partial charge in [-0.1, -0.05) is 32.4 Å². The van der Waals surface area contributed by atoms with E-state index in [4.69, 9.17) is 23.7 Å². The number of ether oxygens (including phenoxy) is 5. The van der Waals surface area contributed by atoms with E-state index in [0.717, 1.165) is 12.8 Å². The molecule has 0 bridgehead atoms. The molecule has 0 amide bonds. The number of esters is 5. The Morgan fingerprint density at radius 2 is 1.28 bits per heavy atom. The molecular formula is C31H44O12. The highest BCUT2D eigenvalue weighted by Crippen LogP contribution is 2.22. The van der Waals surface area contributed by atoms with Crippen molar-refractivity contribution in [3.63, 3.8) is 0 Å². The summed E-state index contributed by atoms with van der Waals surface area (Å²) < 4.78 is 26.0. The summed E-state index contributed by atoms with van der Waals surface area (Å²) in [5.74, 6) is -4.49. The van der Waals surface area contributed by atoms with Crippen molar-refractivity contribution in [2.75, 3.05) is 26.4 Å². The third-order valence-corrected chi connectivity index (χ3v) is 6.50. The fraction of sp³-hybridized carbons (Fsp3) is 0.613. The Kier molecular flexibility index (Phi) is 17.3. The third-order valence-electron chi connectivity index (χ3n) is 6.50. The molecule has 12 nitrogen and oxygen atoms in total. The molecule has 12 heteroatoms. The van der Waals surface area contributed by atoms with Crippen LogP contribution in [0.2, 0.25) is 0 Å². The first-order valence-corrected chi connectivity index (χ1v) is 14.6. The largest absolute Gasteiger partial charge is 0.478 e. The van der Waals surface area contributed by atoms with Gasteiger partial charge in [0.05, 0.1) is 42.6 Å². The van der Waals surface area contributed by atoms with Crippen molar-refractivity contribution in [3.8, 4) is 0 Å². The topological polar surface area (TPSA) is 169 Å². The lowest BCUT2D eigenvalue weighted by Crippen LogP contribution is -2.34. The zero-order valence-electron chi connectivity index (χ0n) is 25.5. The molecular weight excluding hydrogens is 564 g/mol. The Bertz CT molecular complexity index is 1080. The molecule has 0 aliphatic heterocycles. The Balaban J connectivity index is 2.53. The van der Waals surface area contributed by atoms with Crippen molar-refractivity contribution >= 4 is 35.8 Å². The first-order chi connectivity index (χ1) is 20.4. The van der Waals surface area contributed by atoms with E-state index in [2.05, 4.69) is 0 Å². The summed E-state index contributed by atoms with van der Waals surface area (Å²) in [5.41, 5.74) is -1.31. The minimum absolute atomic E-state index is 0.147. The van der Waals surface area contributed by atoms with Gasteiger partial charge >= 0.3 is 35.8 Å². The molecule has 0 fully saturated rings. The van der Waals surface area contributed by atoms with Gasteiger partial charge in [0.1, 0.15) is 13.2 Å². The first-order valence-electron chi connectivity index (χ1n) is 14.6. The lowest BCUT2D eigenvalue weighted by atomic mass is 9.91. The molecule has 1 rings (SSSR count). The van der Waals surface area contributed by atoms with Crippen LogP contribution in [0.5, 0.6) is 0 Å². The van der Waals surface area contributed by atoms with Crippen LogP contribution in [0.3, 0.4) is 0 Å². The number of carboxylic acid groups (broad SMARTS) is 1. The summed E-state index contributed by atoms with van der Waals surface area (Å²) in [6.07, 6.45) is 2.67. The van der Waals surface area contributed by atoms with Gasteiger partial charge in [-0.05, 0) is 58.1 Å². The van der Waals surface area contributed by atoms with Gasteiger partial charge in [-0.15, -0.1) is 0 Å². The maximum Gasteiger partial charge on any atom is 0.339 e. The second-order valence-corrected chi connectivity index (χ2v) is 10.5. The van der Waals surface area contributed by atoms with Crippen LogP contribution in [0.25, 0.3) is 0 Å². The quantitative estimate of drug-likeness (QED) is 0.117. The molecule has 240 valence electrons. The summed E-state index contributed by atoms with van der Waals surface area (Å²) >= 11 is 0. The monoisotopic (exact) mass is 608 g/mol. The van der Waals surface area contributed by atoms with Crippen molar-refractivity contribution in [1.82, 2.24) is 0 Å². The minimum atomic E-state index is -1.33. The Hall–Kier alpha value is -3.96. The Labute approximate surface area is 252 Å². The molecule has 0 aromatic heterocycles. The van der Waals surface area contributed by atoms with Crippen molar-refractivity contribution in [2.45, 2.75) is 91.6 Å². The van der Waals surface area contributed by atoms with Crippen LogP contribution in [-0.4, -0.2) is 73.5 Å². The smallest absolute Gasteiger partial charge is 0.339 e. The van der Waals surface area contributed by atoms with E-state index in [1.165, 1.54) is 24.3 Å². The van der Waals surface area contributed by atoms with E-state index in [1.54, 1.807) is 13.8 Å². The first kappa shape index (κ1) is 37.1. The number of carboxylic acids is 1. The van der Waals surface area contributed by atoms with Crippen LogP contribution in [0.1, 0.15) is 106 Å². The number of aromatic carboxylic acids is 1. The molecule has 1 unspecified atom stereocenters. The summed E-state index contributed by atoms with van der Waals surface area (Å²) in [7, 11) is 0. The highest BCUT2D eigenvalue weighted by Gasteiger charge is 2.29. The van der Waals surface area contributed by atoms with Gasteiger partial charge in [0.2, 0.25) is 0 Å². The molecule has 1 aromatic rings. The van der Waals surface area contributed by atoms with Crippen LogP contribution in [0.4, 0.5) is 0 Å². The second-order valence-electron chi connectivity index (χ2n) is 10.5. The molecule has 0 aliphatic carbocycles. The summed E-state index contributed by atoms with van der Waals surface area (Å²) in [6.45, 7) is 6.83. The van der Waals surface area contributed by atoms with Crippen LogP contribution in [0, 0.1) is 5.41 Å². The Morgan fingerprint density at radius 3 is 1.88 bits per heavy atom. The molecule has 1 N–H and O–H groups in total. The number of unbranched alkanes of at least 4 members (excludes halogenated alkanes) is 3. The van der Waals surface area contributed by atoms with Crippen LogP contribution in [-0.2, 0) is 42.9 Å². The van der Waals surface area contributed by atoms with E-state index in [1.807, 2.05) is 13.8 Å². The van der Waals surface area contributed by atoms with E-state index < -0.39 is 54.6 Å². The highest BCUT2D eigenvalue weighted by molar-refractivity contribution is 6.02. The fourth-order valence-electron chi connectivity index (χ4n) is 3.36. The van der Waals surface area contributed by atoms with Gasteiger partial charge < -0.3 is 28.8 Å². The molecule has 1 aromatic carbocycles. The highest BCUT2D eigenvalue weighted by atomic mass is 16.6. The van der Waals surface area contributed by atoms with Crippen LogP contribution < -0.4 is 0 Å². The molecule has 0 saturated heterocycles. The molecule has 43 heavy (non-hydrogen) atoms. The summed E-state index contributed by atoms with van der Waals surface area (Å²) in [4.78, 5) is 72.5. The average molecular weight is 609 g/mol. The van der Waals surface area contributed by atoms with E-state index in [0.29, 0.717) is 38.7 Å². The lowest BCUT2D eigenvalue weighted by molar-refractivity contribution is -0.161. The molecule has 0 saturated carbocycles. The third kappa shape index (κ3) is 15.2.